The van der Waals surface area contributed by atoms with Gasteiger partial charge in [0.25, 0.3) is 0 Å². The van der Waals surface area contributed by atoms with Gasteiger partial charge in [0.2, 0.25) is 0 Å². The van der Waals surface area contributed by atoms with Crippen molar-refractivity contribution >= 4 is 23.9 Å². The van der Waals surface area contributed by atoms with Crippen LogP contribution in [-0.2, 0) is 42.9 Å². The predicted octanol–water partition coefficient (Wildman–Crippen LogP) is 7.18. The maximum absolute atomic E-state index is 12.9. The van der Waals surface area contributed by atoms with E-state index in [-0.39, 0.29) is 48.4 Å². The fraction of sp³-hybridized carbons (Fsp3) is 0.795. The van der Waals surface area contributed by atoms with Gasteiger partial charge in [-0.3, -0.25) is 29.2 Å². The third-order valence-electron chi connectivity index (χ3n) is 9.29. The topological polar surface area (TPSA) is 165 Å². The Morgan fingerprint density at radius 1 is 0.673 bits per heavy atom. The van der Waals surface area contributed by atoms with Crippen LogP contribution in [-0.4, -0.2) is 71.6 Å². The van der Waals surface area contributed by atoms with Gasteiger partial charge >= 0.3 is 29.9 Å². The van der Waals surface area contributed by atoms with Crippen molar-refractivity contribution in [2.45, 2.75) is 180 Å². The van der Waals surface area contributed by atoms with E-state index in [1.54, 1.807) is 10.8 Å². The zero-order valence-electron chi connectivity index (χ0n) is 31.6. The Morgan fingerprint density at radius 2 is 1.15 bits per heavy atom. The van der Waals surface area contributed by atoms with Crippen LogP contribution in [0.4, 0.5) is 0 Å². The van der Waals surface area contributed by atoms with Crippen molar-refractivity contribution < 1.29 is 47.6 Å². The highest BCUT2D eigenvalue weighted by Crippen LogP contribution is 2.40. The summed E-state index contributed by atoms with van der Waals surface area (Å²) in [4.78, 5) is 52.4. The summed E-state index contributed by atoms with van der Waals surface area (Å²) in [5, 5.41) is 7.83. The largest absolute Gasteiger partial charge is 0.466 e. The van der Waals surface area contributed by atoms with Gasteiger partial charge in [-0.25, -0.2) is 0 Å². The third-order valence-corrected chi connectivity index (χ3v) is 9.29. The van der Waals surface area contributed by atoms with Crippen LogP contribution >= 0.6 is 0 Å². The number of rotatable bonds is 29. The maximum atomic E-state index is 12.9. The Kier molecular flexibility index (Phi) is 21.0. The van der Waals surface area contributed by atoms with Crippen LogP contribution in [0.5, 0.6) is 6.01 Å². The Balaban J connectivity index is 1.29. The molecule has 13 nitrogen and oxygen atoms in total. The minimum Gasteiger partial charge on any atom is -0.466 e. The van der Waals surface area contributed by atoms with Gasteiger partial charge < -0.3 is 28.4 Å². The van der Waals surface area contributed by atoms with E-state index >= 15 is 0 Å². The van der Waals surface area contributed by atoms with E-state index < -0.39 is 24.5 Å². The van der Waals surface area contributed by atoms with Gasteiger partial charge in [-0.1, -0.05) is 90.9 Å². The van der Waals surface area contributed by atoms with E-state index in [4.69, 9.17) is 33.8 Å². The average Bonchev–Trinajstić information content (AvgIpc) is 3.63. The lowest BCUT2D eigenvalue weighted by Crippen LogP contribution is -2.40. The van der Waals surface area contributed by atoms with Crippen LogP contribution in [0, 0.1) is 5.41 Å². The van der Waals surface area contributed by atoms with Crippen LogP contribution in [0.25, 0.3) is 0 Å². The number of ether oxygens (including phenoxy) is 6. The van der Waals surface area contributed by atoms with Crippen molar-refractivity contribution in [3.8, 4) is 6.01 Å². The first-order valence-electron chi connectivity index (χ1n) is 19.9. The second kappa shape index (κ2) is 25.5. The van der Waals surface area contributed by atoms with E-state index in [0.717, 1.165) is 109 Å². The van der Waals surface area contributed by atoms with Crippen molar-refractivity contribution in [2.24, 2.45) is 0 Å². The Bertz CT molecular complexity index is 1270. The monoisotopic (exact) mass is 733 g/mol. The lowest BCUT2D eigenvalue weighted by molar-refractivity contribution is -0.160. The Hall–Kier alpha value is -3.48. The first-order chi connectivity index (χ1) is 25.3. The van der Waals surface area contributed by atoms with Gasteiger partial charge in [-0.05, 0) is 44.6 Å². The zero-order chi connectivity index (χ0) is 37.4. The SMILES string of the molecule is CCCC(=O)OCCCCCCCCCCC(=O)OC[C@H]1O[C@@H]2[C@H](Oc3nc(=N)ccn32)[C@@H]1OC(=O)CCCCCCCCCCOC(=O)CCC. The van der Waals surface area contributed by atoms with Crippen molar-refractivity contribution in [3.63, 3.8) is 0 Å². The van der Waals surface area contributed by atoms with E-state index in [1.165, 1.54) is 6.07 Å². The third kappa shape index (κ3) is 16.5. The molecule has 0 amide bonds. The van der Waals surface area contributed by atoms with E-state index in [2.05, 4.69) is 4.98 Å². The molecule has 52 heavy (non-hydrogen) atoms. The molecule has 1 saturated heterocycles. The number of unbranched alkanes of at least 4 members (excludes halogenated alkanes) is 14. The first kappa shape index (κ1) is 42.9. The molecule has 0 saturated carbocycles. The second-order valence-electron chi connectivity index (χ2n) is 13.9. The zero-order valence-corrected chi connectivity index (χ0v) is 31.6. The number of nitrogens with one attached hydrogen (secondary N) is 1. The molecule has 0 aromatic carbocycles. The highest BCUT2D eigenvalue weighted by atomic mass is 16.7. The van der Waals surface area contributed by atoms with Crippen molar-refractivity contribution in [2.75, 3.05) is 19.8 Å². The van der Waals surface area contributed by atoms with Crippen LogP contribution < -0.4 is 10.2 Å². The van der Waals surface area contributed by atoms with Gasteiger partial charge in [0, 0.05) is 31.9 Å². The number of esters is 4. The molecule has 1 aromatic rings. The summed E-state index contributed by atoms with van der Waals surface area (Å²) in [6.45, 7) is 4.88. The number of aromatic nitrogens is 2. The molecule has 2 aliphatic rings. The molecule has 1 fully saturated rings. The van der Waals surface area contributed by atoms with Gasteiger partial charge in [-0.15, -0.1) is 0 Å². The second-order valence-corrected chi connectivity index (χ2v) is 13.9. The molecule has 294 valence electrons. The molecule has 13 heteroatoms. The van der Waals surface area contributed by atoms with Gasteiger partial charge in [0.1, 0.15) is 12.7 Å². The molecular weight excluding hydrogens is 670 g/mol. The highest BCUT2D eigenvalue weighted by molar-refractivity contribution is 5.70. The molecule has 1 N–H and O–H groups in total. The molecule has 3 heterocycles. The van der Waals surface area contributed by atoms with Crippen LogP contribution in [0.2, 0.25) is 0 Å². The van der Waals surface area contributed by atoms with Crippen molar-refractivity contribution in [1.82, 2.24) is 9.55 Å². The summed E-state index contributed by atoms with van der Waals surface area (Å²) < 4.78 is 35.7. The average molecular weight is 734 g/mol. The highest BCUT2D eigenvalue weighted by Gasteiger charge is 2.54. The quantitative estimate of drug-likeness (QED) is 0.0503. The summed E-state index contributed by atoms with van der Waals surface area (Å²) in [6.07, 6.45) is 18.0. The van der Waals surface area contributed by atoms with Crippen LogP contribution in [0.1, 0.15) is 161 Å². The smallest absolute Gasteiger partial charge is 0.306 e. The summed E-state index contributed by atoms with van der Waals surface area (Å²) in [5.41, 5.74) is 0.0557. The minimum absolute atomic E-state index is 0.0537. The fourth-order valence-electron chi connectivity index (χ4n) is 6.40. The van der Waals surface area contributed by atoms with Gasteiger partial charge in [0.15, 0.2) is 23.9 Å². The van der Waals surface area contributed by atoms with Crippen molar-refractivity contribution in [1.29, 1.82) is 5.41 Å². The summed E-state index contributed by atoms with van der Waals surface area (Å²) in [5.74, 6) is -0.887. The molecule has 1 aromatic heterocycles. The summed E-state index contributed by atoms with van der Waals surface area (Å²) in [7, 11) is 0. The van der Waals surface area contributed by atoms with E-state index in [9.17, 15) is 19.2 Å². The van der Waals surface area contributed by atoms with E-state index in [0.29, 0.717) is 38.9 Å². The Labute approximate surface area is 309 Å². The van der Waals surface area contributed by atoms with Crippen LogP contribution in [0.15, 0.2) is 12.3 Å². The number of nitrogens with zero attached hydrogens (tertiary/aromatic N) is 2. The minimum atomic E-state index is -0.786. The fourth-order valence-corrected chi connectivity index (χ4v) is 6.40. The number of carbonyl (C=O) groups is 4. The predicted molar refractivity (Wildman–Crippen MR) is 192 cm³/mol. The molecule has 0 aliphatic carbocycles. The summed E-state index contributed by atoms with van der Waals surface area (Å²) >= 11 is 0. The number of hydrogen-bond donors (Lipinski definition) is 1. The van der Waals surface area contributed by atoms with Crippen molar-refractivity contribution in [3.05, 3.63) is 17.8 Å². The molecule has 3 rings (SSSR count). The van der Waals surface area contributed by atoms with Crippen LogP contribution in [0.3, 0.4) is 0 Å². The number of carbonyl (C=O) groups excluding carboxylic acids is 4. The number of hydrogen-bond acceptors (Lipinski definition) is 12. The molecule has 0 bridgehead atoms. The van der Waals surface area contributed by atoms with Gasteiger partial charge in [-0.2, -0.15) is 4.98 Å². The normalized spacial score (nSPS) is 18.7. The molecule has 0 radical (unpaired) electrons. The molecule has 4 atom stereocenters. The standard InChI is InChI=1S/C39H63N3O10/c1-3-21-32(43)47-27-19-15-11-7-5-9-13-17-23-34(45)49-29-30-36(37-38(50-30)42-26-25-31(40)41-39(42)52-37)51-35(46)24-18-14-10-6-8-12-16-20-28-48-33(44)22-4-2/h25-26,30,36-38,40H,3-24,27-29H2,1-2H3/t30-,36-,37-,38-/m1/s1. The Morgan fingerprint density at radius 3 is 1.69 bits per heavy atom. The maximum Gasteiger partial charge on any atom is 0.306 e. The van der Waals surface area contributed by atoms with E-state index in [1.807, 2.05) is 13.8 Å². The molecule has 2 aliphatic heterocycles. The lowest BCUT2D eigenvalue weighted by Gasteiger charge is -2.22. The molecule has 0 spiro atoms. The van der Waals surface area contributed by atoms with Gasteiger partial charge in [0.05, 0.1) is 13.2 Å². The molecular formula is C39H63N3O10. The first-order valence-corrected chi connectivity index (χ1v) is 19.9. The lowest BCUT2D eigenvalue weighted by atomic mass is 10.1. The number of fused-ring (bicyclic) bond motifs is 3. The summed E-state index contributed by atoms with van der Waals surface area (Å²) in [6, 6.07) is 1.76. The molecule has 0 unspecified atom stereocenters.